The number of anilines is 1. The molecule has 5 rings (SSSR count). The molecule has 1 fully saturated rings. The molecule has 4 heterocycles. The first-order valence-corrected chi connectivity index (χ1v) is 12.3. The maximum Gasteiger partial charge on any atom is 0.192 e. The van der Waals surface area contributed by atoms with E-state index >= 15 is 0 Å². The highest BCUT2D eigenvalue weighted by Gasteiger charge is 2.50. The minimum Gasteiger partial charge on any atom is -0.339 e. The number of carbonyl (C=O) groups excluding carboxylic acids is 1. The van der Waals surface area contributed by atoms with Crippen molar-refractivity contribution in [2.24, 2.45) is 26.3 Å². The molecule has 3 atom stereocenters. The minimum absolute atomic E-state index is 0.117. The summed E-state index contributed by atoms with van der Waals surface area (Å²) in [4.78, 5) is 33.7. The highest BCUT2D eigenvalue weighted by molar-refractivity contribution is 6.70. The van der Waals surface area contributed by atoms with Gasteiger partial charge in [0.15, 0.2) is 5.66 Å². The molecule has 1 saturated heterocycles. The fourth-order valence-electron chi connectivity index (χ4n) is 5.86. The van der Waals surface area contributed by atoms with Crippen LogP contribution in [-0.4, -0.2) is 58.8 Å². The third-order valence-electron chi connectivity index (χ3n) is 7.56. The first kappa shape index (κ1) is 23.1. The number of rotatable bonds is 2. The van der Waals surface area contributed by atoms with Crippen LogP contribution in [0.4, 0.5) is 5.69 Å². The molecule has 1 spiro atoms. The summed E-state index contributed by atoms with van der Waals surface area (Å²) in [6, 6.07) is 2.21. The zero-order valence-corrected chi connectivity index (χ0v) is 20.9. The van der Waals surface area contributed by atoms with Gasteiger partial charge in [-0.25, -0.2) is 15.0 Å². The lowest BCUT2D eigenvalue weighted by Gasteiger charge is -2.43. The molecule has 3 unspecified atom stereocenters. The fraction of sp³-hybridized carbons (Fsp3) is 0.500. The van der Waals surface area contributed by atoms with Crippen molar-refractivity contribution >= 4 is 40.4 Å². The van der Waals surface area contributed by atoms with Crippen molar-refractivity contribution in [2.45, 2.75) is 51.6 Å². The van der Waals surface area contributed by atoms with Crippen LogP contribution < -0.4 is 5.32 Å². The number of Topliss-reactive ketones (excluding diaryl/α,β-unsaturated/α-hetero) is 1. The number of halogens is 1. The molecule has 1 aromatic rings. The third kappa shape index (κ3) is 3.95. The molecule has 1 N–H and O–H groups in total. The van der Waals surface area contributed by atoms with Crippen molar-refractivity contribution < 1.29 is 4.79 Å². The number of nitrogens with zero attached hydrogens (tertiary/aromatic N) is 5. The van der Waals surface area contributed by atoms with E-state index in [4.69, 9.17) is 21.6 Å². The standard InChI is InChI=1S/C26H31ClN6O/c1-16-21(12-17(13-28-16)18-10-11-33(4)14-25(18,2)3)31-23-7-5-6-19-22(34)9-8-20-24(27)29-15-30-26(19,20)32-23/h5,7-8,12-13,15,18-19H,6,9-11,14H2,1-4H3,(H,31,32). The van der Waals surface area contributed by atoms with E-state index in [1.54, 1.807) is 0 Å². The van der Waals surface area contributed by atoms with Crippen molar-refractivity contribution in [1.82, 2.24) is 9.88 Å². The summed E-state index contributed by atoms with van der Waals surface area (Å²) in [6.45, 7) is 8.78. The van der Waals surface area contributed by atoms with Gasteiger partial charge >= 0.3 is 0 Å². The van der Waals surface area contributed by atoms with E-state index in [0.717, 1.165) is 30.9 Å². The van der Waals surface area contributed by atoms with Crippen LogP contribution >= 0.6 is 11.6 Å². The summed E-state index contributed by atoms with van der Waals surface area (Å²) in [5.74, 6) is 0.784. The largest absolute Gasteiger partial charge is 0.339 e. The van der Waals surface area contributed by atoms with Gasteiger partial charge in [-0.1, -0.05) is 37.6 Å². The minimum atomic E-state index is -1.07. The Hall–Kier alpha value is -2.64. The Balaban J connectivity index is 1.51. The molecular weight excluding hydrogens is 448 g/mol. The number of aromatic nitrogens is 1. The molecule has 0 amide bonds. The Morgan fingerprint density at radius 2 is 2.09 bits per heavy atom. The van der Waals surface area contributed by atoms with E-state index in [1.165, 1.54) is 11.9 Å². The second-order valence-corrected chi connectivity index (χ2v) is 10.8. The van der Waals surface area contributed by atoms with E-state index < -0.39 is 11.6 Å². The Kier molecular flexibility index (Phi) is 5.81. The van der Waals surface area contributed by atoms with Gasteiger partial charge in [-0.3, -0.25) is 9.78 Å². The Morgan fingerprint density at radius 3 is 2.88 bits per heavy atom. The van der Waals surface area contributed by atoms with Gasteiger partial charge in [-0.05, 0) is 62.4 Å². The molecule has 3 aliphatic heterocycles. The van der Waals surface area contributed by atoms with Crippen LogP contribution in [0.3, 0.4) is 0 Å². The number of hydrogen-bond donors (Lipinski definition) is 1. The number of carbonyl (C=O) groups is 1. The number of nitrogens with one attached hydrogen (secondary N) is 1. The Labute approximate surface area is 205 Å². The van der Waals surface area contributed by atoms with E-state index in [9.17, 15) is 4.79 Å². The summed E-state index contributed by atoms with van der Waals surface area (Å²) in [7, 11) is 2.19. The summed E-state index contributed by atoms with van der Waals surface area (Å²) in [5, 5.41) is 3.84. The second-order valence-electron chi connectivity index (χ2n) is 10.5. The molecule has 0 bridgehead atoms. The van der Waals surface area contributed by atoms with Crippen molar-refractivity contribution in [1.29, 1.82) is 0 Å². The number of aliphatic imine (C=N–C) groups is 3. The predicted octanol–water partition coefficient (Wildman–Crippen LogP) is 4.50. The van der Waals surface area contributed by atoms with Gasteiger partial charge in [-0.2, -0.15) is 0 Å². The summed E-state index contributed by atoms with van der Waals surface area (Å²) < 4.78 is 0. The molecule has 1 aliphatic carbocycles. The first-order valence-electron chi connectivity index (χ1n) is 11.9. The molecule has 8 heteroatoms. The summed E-state index contributed by atoms with van der Waals surface area (Å²) >= 11 is 6.44. The molecule has 178 valence electrons. The highest BCUT2D eigenvalue weighted by atomic mass is 35.5. The molecule has 0 aromatic carbocycles. The average molecular weight is 479 g/mol. The molecule has 1 aromatic heterocycles. The number of ketones is 1. The van der Waals surface area contributed by atoms with Crippen molar-refractivity contribution in [3.8, 4) is 0 Å². The van der Waals surface area contributed by atoms with Gasteiger partial charge in [0.2, 0.25) is 0 Å². The van der Waals surface area contributed by atoms with Crippen molar-refractivity contribution in [2.75, 3.05) is 25.5 Å². The van der Waals surface area contributed by atoms with Crippen LogP contribution in [0, 0.1) is 18.3 Å². The lowest BCUT2D eigenvalue weighted by Crippen LogP contribution is -2.46. The molecule has 7 nitrogen and oxygen atoms in total. The number of likely N-dealkylation sites (tertiary alicyclic amines) is 1. The SMILES string of the molecule is Cc1ncc(C2CCN(C)CC2(C)C)cc1NC1=NC23N=CN=C(Cl)C2=CCC(=O)C3CC=C1. The van der Waals surface area contributed by atoms with Gasteiger partial charge in [0, 0.05) is 24.7 Å². The molecule has 34 heavy (non-hydrogen) atoms. The smallest absolute Gasteiger partial charge is 0.192 e. The van der Waals surface area contributed by atoms with E-state index in [0.29, 0.717) is 35.3 Å². The zero-order valence-electron chi connectivity index (χ0n) is 20.2. The maximum absolute atomic E-state index is 12.8. The third-order valence-corrected chi connectivity index (χ3v) is 7.86. The highest BCUT2D eigenvalue weighted by Crippen LogP contribution is 2.44. The topological polar surface area (TPSA) is 82.3 Å². The van der Waals surface area contributed by atoms with E-state index in [1.807, 2.05) is 31.3 Å². The van der Waals surface area contributed by atoms with Gasteiger partial charge in [0.05, 0.1) is 17.3 Å². The summed E-state index contributed by atoms with van der Waals surface area (Å²) in [5.41, 5.74) is 2.83. The van der Waals surface area contributed by atoms with E-state index in [2.05, 4.69) is 47.2 Å². The van der Waals surface area contributed by atoms with Crippen molar-refractivity contribution in [3.63, 3.8) is 0 Å². The van der Waals surface area contributed by atoms with Crippen LogP contribution in [0.2, 0.25) is 0 Å². The number of amidine groups is 1. The number of pyridine rings is 1. The van der Waals surface area contributed by atoms with Crippen LogP contribution in [0.25, 0.3) is 0 Å². The lowest BCUT2D eigenvalue weighted by molar-refractivity contribution is -0.123. The zero-order chi connectivity index (χ0) is 24.1. The van der Waals surface area contributed by atoms with Gasteiger partial charge in [0.1, 0.15) is 23.1 Å². The quantitative estimate of drug-likeness (QED) is 0.678. The Bertz CT molecular complexity index is 1180. The van der Waals surface area contributed by atoms with Crippen LogP contribution in [0.5, 0.6) is 0 Å². The van der Waals surface area contributed by atoms with Crippen molar-refractivity contribution in [3.05, 3.63) is 47.3 Å². The first-order chi connectivity index (χ1) is 16.2. The molecular formula is C26H31ClN6O. The second kappa shape index (κ2) is 8.54. The number of hydrogen-bond acceptors (Lipinski definition) is 7. The predicted molar refractivity (Wildman–Crippen MR) is 138 cm³/mol. The van der Waals surface area contributed by atoms with Gasteiger partial charge < -0.3 is 10.2 Å². The fourth-order valence-corrected chi connectivity index (χ4v) is 6.12. The van der Waals surface area contributed by atoms with Gasteiger partial charge in [-0.15, -0.1) is 0 Å². The average Bonchev–Trinajstić information content (AvgIpc) is 2.95. The van der Waals surface area contributed by atoms with Crippen LogP contribution in [0.15, 0.2) is 51.0 Å². The van der Waals surface area contributed by atoms with Crippen LogP contribution in [-0.2, 0) is 4.79 Å². The van der Waals surface area contributed by atoms with E-state index in [-0.39, 0.29) is 11.2 Å². The number of allylic oxidation sites excluding steroid dienone is 2. The summed E-state index contributed by atoms with van der Waals surface area (Å²) in [6.07, 6.45) is 11.2. The molecule has 4 aliphatic rings. The molecule has 0 radical (unpaired) electrons. The van der Waals surface area contributed by atoms with Gasteiger partial charge in [0.25, 0.3) is 0 Å². The normalized spacial score (nSPS) is 30.5. The number of aryl methyl sites for hydroxylation is 1. The Morgan fingerprint density at radius 1 is 1.26 bits per heavy atom. The maximum atomic E-state index is 12.8. The molecule has 0 saturated carbocycles. The lowest BCUT2D eigenvalue weighted by atomic mass is 9.71. The monoisotopic (exact) mass is 478 g/mol. The van der Waals surface area contributed by atoms with Crippen LogP contribution in [0.1, 0.15) is 50.3 Å². The number of piperidine rings is 1.